The van der Waals surface area contributed by atoms with Crippen LogP contribution in [-0.4, -0.2) is 24.5 Å². The van der Waals surface area contributed by atoms with Gasteiger partial charge in [-0.15, -0.1) is 0 Å². The van der Waals surface area contributed by atoms with Crippen LogP contribution in [0.3, 0.4) is 0 Å². The molecular formula is C15H14N2O5. The predicted octanol–water partition coefficient (Wildman–Crippen LogP) is 2.62. The molecule has 22 heavy (non-hydrogen) atoms. The summed E-state index contributed by atoms with van der Waals surface area (Å²) in [5, 5.41) is 13.5. The molecule has 0 atom stereocenters. The minimum atomic E-state index is -0.559. The number of carbonyl (C=O) groups excluding carboxylic acids is 1. The summed E-state index contributed by atoms with van der Waals surface area (Å²) in [4.78, 5) is 22.1. The number of hydrogen-bond acceptors (Lipinski definition) is 5. The van der Waals surface area contributed by atoms with Crippen LogP contribution in [0, 0.1) is 10.1 Å². The zero-order valence-corrected chi connectivity index (χ0v) is 11.8. The summed E-state index contributed by atoms with van der Waals surface area (Å²) in [5.41, 5.74) is 0.400. The molecule has 114 valence electrons. The van der Waals surface area contributed by atoms with Crippen molar-refractivity contribution in [2.45, 2.75) is 0 Å². The van der Waals surface area contributed by atoms with Crippen LogP contribution >= 0.6 is 0 Å². The first-order chi connectivity index (χ1) is 10.6. The number of rotatable bonds is 6. The number of anilines is 1. The summed E-state index contributed by atoms with van der Waals surface area (Å²) in [6.45, 7) is -0.323. The quantitative estimate of drug-likeness (QED) is 0.654. The van der Waals surface area contributed by atoms with Gasteiger partial charge < -0.3 is 14.8 Å². The number of para-hydroxylation sites is 2. The van der Waals surface area contributed by atoms with Crippen LogP contribution in [0.1, 0.15) is 0 Å². The number of carbonyl (C=O) groups is 1. The Kier molecular flexibility index (Phi) is 4.92. The van der Waals surface area contributed by atoms with Crippen LogP contribution < -0.4 is 14.8 Å². The predicted molar refractivity (Wildman–Crippen MR) is 80.2 cm³/mol. The number of hydrogen-bond donors (Lipinski definition) is 1. The van der Waals surface area contributed by atoms with Gasteiger partial charge in [0.05, 0.1) is 12.0 Å². The highest BCUT2D eigenvalue weighted by molar-refractivity contribution is 5.91. The molecule has 0 saturated carbocycles. The number of benzene rings is 2. The molecule has 0 fully saturated rings. The van der Waals surface area contributed by atoms with Crippen LogP contribution in [0.2, 0.25) is 0 Å². The average Bonchev–Trinajstić information content (AvgIpc) is 2.54. The van der Waals surface area contributed by atoms with Crippen molar-refractivity contribution in [1.29, 1.82) is 0 Å². The third kappa shape index (κ3) is 3.95. The molecule has 1 N–H and O–H groups in total. The summed E-state index contributed by atoms with van der Waals surface area (Å²) in [7, 11) is 1.55. The zero-order valence-electron chi connectivity index (χ0n) is 11.8. The van der Waals surface area contributed by atoms with E-state index in [4.69, 9.17) is 9.47 Å². The van der Waals surface area contributed by atoms with Crippen LogP contribution in [0.4, 0.5) is 11.4 Å². The molecule has 0 aliphatic rings. The highest BCUT2D eigenvalue weighted by Gasteiger charge is 2.14. The maximum Gasteiger partial charge on any atom is 0.310 e. The first-order valence-corrected chi connectivity index (χ1v) is 6.40. The number of nitrogens with zero attached hydrogens (tertiary/aromatic N) is 1. The van der Waals surface area contributed by atoms with E-state index in [0.29, 0.717) is 11.4 Å². The van der Waals surface area contributed by atoms with Gasteiger partial charge in [-0.05, 0) is 30.3 Å². The highest BCUT2D eigenvalue weighted by atomic mass is 16.6. The topological polar surface area (TPSA) is 90.7 Å². The largest absolute Gasteiger partial charge is 0.497 e. The molecule has 0 saturated heterocycles. The van der Waals surface area contributed by atoms with E-state index in [9.17, 15) is 14.9 Å². The minimum absolute atomic E-state index is 0.0531. The number of amides is 1. The van der Waals surface area contributed by atoms with Crippen molar-refractivity contribution >= 4 is 17.3 Å². The number of nitro groups is 1. The van der Waals surface area contributed by atoms with Crippen LogP contribution in [0.15, 0.2) is 48.5 Å². The second-order valence-corrected chi connectivity index (χ2v) is 4.29. The summed E-state index contributed by atoms with van der Waals surface area (Å²) >= 11 is 0. The summed E-state index contributed by atoms with van der Waals surface area (Å²) < 4.78 is 10.2. The van der Waals surface area contributed by atoms with Gasteiger partial charge in [0.25, 0.3) is 5.91 Å². The maximum atomic E-state index is 11.8. The molecule has 0 bridgehead atoms. The van der Waals surface area contributed by atoms with Crippen molar-refractivity contribution in [1.82, 2.24) is 0 Å². The molecule has 2 rings (SSSR count). The molecular weight excluding hydrogens is 288 g/mol. The van der Waals surface area contributed by atoms with Gasteiger partial charge in [0.2, 0.25) is 0 Å². The van der Waals surface area contributed by atoms with E-state index in [-0.39, 0.29) is 18.0 Å². The van der Waals surface area contributed by atoms with Gasteiger partial charge in [-0.25, -0.2) is 0 Å². The maximum absolute atomic E-state index is 11.8. The van der Waals surface area contributed by atoms with Gasteiger partial charge in [0, 0.05) is 11.8 Å². The Bertz CT molecular complexity index is 670. The molecule has 0 aliphatic heterocycles. The Morgan fingerprint density at radius 2 is 1.86 bits per heavy atom. The second-order valence-electron chi connectivity index (χ2n) is 4.29. The molecule has 0 spiro atoms. The van der Waals surface area contributed by atoms with Gasteiger partial charge in [-0.3, -0.25) is 14.9 Å². The lowest BCUT2D eigenvalue weighted by Gasteiger charge is -2.08. The molecule has 0 unspecified atom stereocenters. The van der Waals surface area contributed by atoms with E-state index in [1.165, 1.54) is 18.2 Å². The van der Waals surface area contributed by atoms with E-state index in [1.807, 2.05) is 0 Å². The minimum Gasteiger partial charge on any atom is -0.497 e. The Hall–Kier alpha value is -3.09. The molecule has 7 nitrogen and oxygen atoms in total. The van der Waals surface area contributed by atoms with Crippen molar-refractivity contribution in [3.05, 3.63) is 58.6 Å². The first kappa shape index (κ1) is 15.3. The van der Waals surface area contributed by atoms with Crippen molar-refractivity contribution < 1.29 is 19.2 Å². The van der Waals surface area contributed by atoms with Gasteiger partial charge in [-0.2, -0.15) is 0 Å². The third-order valence-corrected chi connectivity index (χ3v) is 2.79. The summed E-state index contributed by atoms with van der Waals surface area (Å²) in [5.74, 6) is 0.315. The van der Waals surface area contributed by atoms with E-state index in [0.717, 1.165) is 0 Å². The lowest BCUT2D eigenvalue weighted by atomic mass is 10.3. The van der Waals surface area contributed by atoms with E-state index in [1.54, 1.807) is 37.4 Å². The number of nitrogens with one attached hydrogen (secondary N) is 1. The SMILES string of the molecule is COc1ccc(NC(=O)COc2ccccc2[N+](=O)[O-])cc1. The van der Waals surface area contributed by atoms with Crippen LogP contribution in [0.5, 0.6) is 11.5 Å². The molecule has 1 amide bonds. The summed E-state index contributed by atoms with van der Waals surface area (Å²) in [6.07, 6.45) is 0. The van der Waals surface area contributed by atoms with E-state index in [2.05, 4.69) is 5.32 Å². The van der Waals surface area contributed by atoms with Gasteiger partial charge in [0.15, 0.2) is 12.4 Å². The number of nitro benzene ring substituents is 1. The normalized spacial score (nSPS) is 9.86. The lowest BCUT2D eigenvalue weighted by Crippen LogP contribution is -2.20. The number of methoxy groups -OCH3 is 1. The van der Waals surface area contributed by atoms with Gasteiger partial charge >= 0.3 is 5.69 Å². The average molecular weight is 302 g/mol. The Morgan fingerprint density at radius 3 is 2.50 bits per heavy atom. The van der Waals surface area contributed by atoms with Crippen molar-refractivity contribution in [2.24, 2.45) is 0 Å². The molecule has 2 aromatic carbocycles. The Labute approximate surface area is 126 Å². The molecule has 0 aromatic heterocycles. The van der Waals surface area contributed by atoms with Gasteiger partial charge in [0.1, 0.15) is 5.75 Å². The van der Waals surface area contributed by atoms with Gasteiger partial charge in [-0.1, -0.05) is 12.1 Å². The fourth-order valence-electron chi connectivity index (χ4n) is 1.74. The molecule has 2 aromatic rings. The fourth-order valence-corrected chi connectivity index (χ4v) is 1.74. The lowest BCUT2D eigenvalue weighted by molar-refractivity contribution is -0.385. The first-order valence-electron chi connectivity index (χ1n) is 6.40. The number of ether oxygens (including phenoxy) is 2. The Balaban J connectivity index is 1.94. The smallest absolute Gasteiger partial charge is 0.310 e. The monoisotopic (exact) mass is 302 g/mol. The highest BCUT2D eigenvalue weighted by Crippen LogP contribution is 2.25. The van der Waals surface area contributed by atoms with Crippen LogP contribution in [0.25, 0.3) is 0 Å². The van der Waals surface area contributed by atoms with Crippen molar-refractivity contribution in [2.75, 3.05) is 19.0 Å². The standard InChI is InChI=1S/C15H14N2O5/c1-21-12-8-6-11(7-9-12)16-15(18)10-22-14-5-3-2-4-13(14)17(19)20/h2-9H,10H2,1H3,(H,16,18). The molecule has 7 heteroatoms. The summed E-state index contributed by atoms with van der Waals surface area (Å²) in [6, 6.07) is 12.7. The van der Waals surface area contributed by atoms with E-state index < -0.39 is 10.8 Å². The fraction of sp³-hybridized carbons (Fsp3) is 0.133. The molecule has 0 aliphatic carbocycles. The third-order valence-electron chi connectivity index (χ3n) is 2.79. The van der Waals surface area contributed by atoms with E-state index >= 15 is 0 Å². The molecule has 0 radical (unpaired) electrons. The molecule has 0 heterocycles. The van der Waals surface area contributed by atoms with Crippen molar-refractivity contribution in [3.8, 4) is 11.5 Å². The Morgan fingerprint density at radius 1 is 1.18 bits per heavy atom. The zero-order chi connectivity index (χ0) is 15.9. The van der Waals surface area contributed by atoms with Crippen LogP contribution in [-0.2, 0) is 4.79 Å². The second kappa shape index (κ2) is 7.07. The van der Waals surface area contributed by atoms with Crippen molar-refractivity contribution in [3.63, 3.8) is 0 Å².